The topological polar surface area (TPSA) is 79.3 Å². The highest BCUT2D eigenvalue weighted by molar-refractivity contribution is 7.89. The maximum atomic E-state index is 12.8. The minimum atomic E-state index is -3.52. The predicted molar refractivity (Wildman–Crippen MR) is 106 cm³/mol. The molecule has 0 saturated carbocycles. The van der Waals surface area contributed by atoms with Crippen molar-refractivity contribution in [2.24, 2.45) is 0 Å². The second-order valence-corrected chi connectivity index (χ2v) is 8.60. The molecule has 1 N–H and O–H groups in total. The molecule has 1 aliphatic heterocycles. The van der Waals surface area contributed by atoms with Crippen LogP contribution in [0, 0.1) is 0 Å². The number of methoxy groups -OCH3 is 1. The van der Waals surface area contributed by atoms with E-state index in [2.05, 4.69) is 4.90 Å². The summed E-state index contributed by atoms with van der Waals surface area (Å²) in [6.45, 7) is 2.56. The number of rotatable bonds is 8. The van der Waals surface area contributed by atoms with E-state index in [1.54, 1.807) is 31.4 Å². The number of para-hydroxylation sites is 1. The highest BCUT2D eigenvalue weighted by Gasteiger charge is 2.29. The van der Waals surface area contributed by atoms with E-state index >= 15 is 0 Å². The molecule has 8 heteroatoms. The lowest BCUT2D eigenvalue weighted by atomic mass is 10.3. The van der Waals surface area contributed by atoms with Gasteiger partial charge in [0.25, 0.3) is 0 Å². The molecule has 1 atom stereocenters. The maximum Gasteiger partial charge on any atom is 0.243 e. The summed E-state index contributed by atoms with van der Waals surface area (Å²) in [5, 5.41) is 10.2. The second-order valence-electron chi connectivity index (χ2n) is 6.66. The Kier molecular flexibility index (Phi) is 6.90. The number of aliphatic hydroxyl groups is 1. The highest BCUT2D eigenvalue weighted by atomic mass is 32.2. The summed E-state index contributed by atoms with van der Waals surface area (Å²) >= 11 is 0. The molecule has 3 rings (SSSR count). The number of piperazine rings is 1. The fourth-order valence-electron chi connectivity index (χ4n) is 3.11. The second kappa shape index (κ2) is 9.38. The summed E-state index contributed by atoms with van der Waals surface area (Å²) in [5.41, 5.74) is 0. The quantitative estimate of drug-likeness (QED) is 0.715. The smallest absolute Gasteiger partial charge is 0.243 e. The Hall–Kier alpha value is -2.13. The molecule has 0 spiro atoms. The molecule has 1 unspecified atom stereocenters. The molecular weight excluding hydrogens is 380 g/mol. The van der Waals surface area contributed by atoms with Crippen LogP contribution in [0.4, 0.5) is 0 Å². The van der Waals surface area contributed by atoms with Crippen LogP contribution in [0.2, 0.25) is 0 Å². The van der Waals surface area contributed by atoms with Gasteiger partial charge in [0.1, 0.15) is 24.2 Å². The van der Waals surface area contributed by atoms with Crippen LogP contribution in [0.1, 0.15) is 0 Å². The first kappa shape index (κ1) is 20.6. The Morgan fingerprint density at radius 3 is 2.21 bits per heavy atom. The van der Waals surface area contributed by atoms with Gasteiger partial charge in [-0.2, -0.15) is 4.31 Å². The molecule has 1 heterocycles. The van der Waals surface area contributed by atoms with Crippen molar-refractivity contribution in [2.45, 2.75) is 11.0 Å². The van der Waals surface area contributed by atoms with Crippen LogP contribution in [0.25, 0.3) is 0 Å². The number of aliphatic hydroxyl groups excluding tert-OH is 1. The van der Waals surface area contributed by atoms with Gasteiger partial charge in [0.2, 0.25) is 10.0 Å². The predicted octanol–water partition coefficient (Wildman–Crippen LogP) is 1.44. The van der Waals surface area contributed by atoms with Crippen molar-refractivity contribution < 1.29 is 23.0 Å². The summed E-state index contributed by atoms with van der Waals surface area (Å²) in [6, 6.07) is 15.8. The van der Waals surface area contributed by atoms with E-state index in [-0.39, 0.29) is 11.5 Å². The largest absolute Gasteiger partial charge is 0.497 e. The van der Waals surface area contributed by atoms with E-state index in [0.717, 1.165) is 5.75 Å². The Morgan fingerprint density at radius 1 is 0.964 bits per heavy atom. The number of hydrogen-bond acceptors (Lipinski definition) is 6. The first-order valence-corrected chi connectivity index (χ1v) is 10.7. The number of benzene rings is 2. The van der Waals surface area contributed by atoms with Gasteiger partial charge in [-0.15, -0.1) is 0 Å². The Morgan fingerprint density at radius 2 is 1.61 bits per heavy atom. The lowest BCUT2D eigenvalue weighted by molar-refractivity contribution is 0.0569. The molecule has 1 fully saturated rings. The van der Waals surface area contributed by atoms with Crippen LogP contribution in [0.15, 0.2) is 59.5 Å². The number of β-amino-alcohol motifs (C(OH)–C–C–N with tert-alkyl or cyclic N) is 1. The van der Waals surface area contributed by atoms with Crippen LogP contribution in [-0.4, -0.2) is 75.3 Å². The van der Waals surface area contributed by atoms with E-state index in [4.69, 9.17) is 9.47 Å². The lowest BCUT2D eigenvalue weighted by Gasteiger charge is -2.34. The van der Waals surface area contributed by atoms with Crippen molar-refractivity contribution in [3.05, 3.63) is 54.6 Å². The van der Waals surface area contributed by atoms with Gasteiger partial charge in [-0.1, -0.05) is 18.2 Å². The number of hydrogen-bond donors (Lipinski definition) is 1. The summed E-state index contributed by atoms with van der Waals surface area (Å²) in [7, 11) is -1.98. The third-order valence-corrected chi connectivity index (χ3v) is 6.60. The maximum absolute atomic E-state index is 12.8. The number of nitrogens with zero attached hydrogens (tertiary/aromatic N) is 2. The first-order valence-electron chi connectivity index (χ1n) is 9.21. The Balaban J connectivity index is 1.48. The number of sulfonamides is 1. The van der Waals surface area contributed by atoms with Crippen LogP contribution >= 0.6 is 0 Å². The Labute approximate surface area is 166 Å². The third kappa shape index (κ3) is 5.23. The van der Waals surface area contributed by atoms with Crippen LogP contribution in [0.5, 0.6) is 11.5 Å². The van der Waals surface area contributed by atoms with Crippen molar-refractivity contribution in [1.82, 2.24) is 9.21 Å². The van der Waals surface area contributed by atoms with E-state index in [0.29, 0.717) is 38.5 Å². The van der Waals surface area contributed by atoms with Gasteiger partial charge in [0.05, 0.1) is 12.0 Å². The summed E-state index contributed by atoms with van der Waals surface area (Å²) < 4.78 is 37.7. The first-order chi connectivity index (χ1) is 13.5. The summed E-state index contributed by atoms with van der Waals surface area (Å²) in [6.07, 6.45) is -0.634. The molecule has 1 aliphatic rings. The molecule has 0 amide bonds. The van der Waals surface area contributed by atoms with Crippen molar-refractivity contribution in [2.75, 3.05) is 46.4 Å². The van der Waals surface area contributed by atoms with E-state index in [1.807, 2.05) is 30.3 Å². The van der Waals surface area contributed by atoms with Gasteiger partial charge < -0.3 is 14.6 Å². The van der Waals surface area contributed by atoms with Gasteiger partial charge in [-0.05, 0) is 36.4 Å². The fraction of sp³-hybridized carbons (Fsp3) is 0.400. The molecule has 2 aromatic rings. The van der Waals surface area contributed by atoms with Gasteiger partial charge >= 0.3 is 0 Å². The molecule has 1 saturated heterocycles. The van der Waals surface area contributed by atoms with E-state index in [1.165, 1.54) is 4.31 Å². The Bertz CT molecular complexity index is 835. The molecule has 2 aromatic carbocycles. The average Bonchev–Trinajstić information content (AvgIpc) is 2.73. The van der Waals surface area contributed by atoms with Gasteiger partial charge in [-0.25, -0.2) is 8.42 Å². The molecule has 0 aliphatic carbocycles. The van der Waals surface area contributed by atoms with Gasteiger partial charge in [0.15, 0.2) is 0 Å². The van der Waals surface area contributed by atoms with E-state index in [9.17, 15) is 13.5 Å². The molecule has 0 bridgehead atoms. The fourth-order valence-corrected chi connectivity index (χ4v) is 4.53. The van der Waals surface area contributed by atoms with E-state index < -0.39 is 16.1 Å². The monoisotopic (exact) mass is 406 g/mol. The van der Waals surface area contributed by atoms with Gasteiger partial charge in [0, 0.05) is 32.7 Å². The average molecular weight is 407 g/mol. The minimum absolute atomic E-state index is 0.203. The summed E-state index contributed by atoms with van der Waals surface area (Å²) in [4.78, 5) is 2.32. The normalized spacial score (nSPS) is 17.2. The molecule has 7 nitrogen and oxygen atoms in total. The van der Waals surface area contributed by atoms with Gasteiger partial charge in [-0.3, -0.25) is 4.90 Å². The van der Waals surface area contributed by atoms with Crippen molar-refractivity contribution in [3.8, 4) is 11.5 Å². The molecule has 152 valence electrons. The van der Waals surface area contributed by atoms with Crippen molar-refractivity contribution >= 4 is 10.0 Å². The zero-order valence-corrected chi connectivity index (χ0v) is 16.7. The zero-order chi connectivity index (χ0) is 20.0. The SMILES string of the molecule is COc1ccc(S(=O)(=O)N2CCN(CC(O)COc3ccccc3)CC2)cc1. The van der Waals surface area contributed by atoms with Crippen molar-refractivity contribution in [1.29, 1.82) is 0 Å². The standard InChI is InChI=1S/C20H26N2O5S/c1-26-18-7-9-20(10-8-18)28(24,25)22-13-11-21(12-14-22)15-17(23)16-27-19-5-3-2-4-6-19/h2-10,17,23H,11-16H2,1H3. The summed E-state index contributed by atoms with van der Waals surface area (Å²) in [5.74, 6) is 1.34. The van der Waals surface area contributed by atoms with Crippen LogP contribution in [-0.2, 0) is 10.0 Å². The van der Waals surface area contributed by atoms with Crippen molar-refractivity contribution in [3.63, 3.8) is 0 Å². The molecule has 28 heavy (non-hydrogen) atoms. The highest BCUT2D eigenvalue weighted by Crippen LogP contribution is 2.20. The third-order valence-electron chi connectivity index (χ3n) is 4.68. The number of ether oxygens (including phenoxy) is 2. The lowest BCUT2D eigenvalue weighted by Crippen LogP contribution is -2.50. The minimum Gasteiger partial charge on any atom is -0.497 e. The molecule has 0 radical (unpaired) electrons. The van der Waals surface area contributed by atoms with Crippen LogP contribution < -0.4 is 9.47 Å². The molecule has 0 aromatic heterocycles. The molecular formula is C20H26N2O5S. The van der Waals surface area contributed by atoms with Crippen LogP contribution in [0.3, 0.4) is 0 Å². The zero-order valence-electron chi connectivity index (χ0n) is 15.9.